The molecule has 0 atom stereocenters. The number of ketones is 1. The Labute approximate surface area is 239 Å². The number of hydrogen-bond donors (Lipinski definition) is 0. The number of nitrogens with zero attached hydrogens (tertiary/aromatic N) is 3. The second-order valence-corrected chi connectivity index (χ2v) is 11.0. The molecule has 0 saturated carbocycles. The van der Waals surface area contributed by atoms with Crippen molar-refractivity contribution in [1.82, 2.24) is 14.3 Å². The minimum Gasteiger partial charge on any atom is -0.492 e. The van der Waals surface area contributed by atoms with E-state index in [0.29, 0.717) is 44.0 Å². The van der Waals surface area contributed by atoms with E-state index in [0.717, 1.165) is 34.1 Å². The lowest BCUT2D eigenvalue weighted by atomic mass is 10.0. The van der Waals surface area contributed by atoms with Gasteiger partial charge in [0.05, 0.1) is 38.1 Å². The van der Waals surface area contributed by atoms with Crippen LogP contribution in [-0.2, 0) is 30.3 Å². The van der Waals surface area contributed by atoms with Crippen molar-refractivity contribution in [2.24, 2.45) is 5.92 Å². The number of rotatable bonds is 6. The first-order chi connectivity index (χ1) is 19.7. The lowest BCUT2D eigenvalue weighted by Crippen LogP contribution is -2.36. The molecule has 7 nitrogen and oxygen atoms in total. The van der Waals surface area contributed by atoms with Gasteiger partial charge >= 0.3 is 6.18 Å². The lowest BCUT2D eigenvalue weighted by Gasteiger charge is -2.27. The average Bonchev–Trinajstić information content (AvgIpc) is 3.56. The van der Waals surface area contributed by atoms with Crippen LogP contribution < -0.4 is 4.74 Å². The van der Waals surface area contributed by atoms with Crippen molar-refractivity contribution in [2.75, 3.05) is 26.4 Å². The van der Waals surface area contributed by atoms with Gasteiger partial charge in [-0.25, -0.2) is 4.98 Å². The van der Waals surface area contributed by atoms with Crippen LogP contribution in [0.1, 0.15) is 56.3 Å². The molecule has 0 aliphatic carbocycles. The summed E-state index contributed by atoms with van der Waals surface area (Å²) in [6.45, 7) is 6.01. The molecular weight excluding hydrogens is 555 g/mol. The number of hydrogen-bond acceptors (Lipinski definition) is 6. The fraction of sp³-hybridized carbons (Fsp3) is 0.367. The molecule has 3 aromatic heterocycles. The molecule has 5 heterocycles. The molecule has 1 amide bonds. The monoisotopic (exact) mass is 585 g/mol. The van der Waals surface area contributed by atoms with Gasteiger partial charge in [0.1, 0.15) is 17.1 Å². The maximum Gasteiger partial charge on any atom is 0.419 e. The van der Waals surface area contributed by atoms with Gasteiger partial charge in [0.25, 0.3) is 5.91 Å². The predicted molar refractivity (Wildman–Crippen MR) is 149 cm³/mol. The third kappa shape index (κ3) is 6.31. The first-order valence-electron chi connectivity index (χ1n) is 13.4. The van der Waals surface area contributed by atoms with E-state index in [1.807, 2.05) is 46.0 Å². The Morgan fingerprint density at radius 2 is 2.00 bits per heavy atom. The molecule has 0 bridgehead atoms. The van der Waals surface area contributed by atoms with Gasteiger partial charge in [-0.3, -0.25) is 14.0 Å². The zero-order valence-corrected chi connectivity index (χ0v) is 23.6. The fourth-order valence-corrected chi connectivity index (χ4v) is 5.94. The van der Waals surface area contributed by atoms with Gasteiger partial charge in [0, 0.05) is 34.5 Å². The van der Waals surface area contributed by atoms with E-state index in [9.17, 15) is 22.8 Å². The van der Waals surface area contributed by atoms with Crippen LogP contribution in [0.25, 0.3) is 5.65 Å². The van der Waals surface area contributed by atoms with E-state index < -0.39 is 11.7 Å². The predicted octanol–water partition coefficient (Wildman–Crippen LogP) is 6.09. The number of carbonyl (C=O) groups excluding carboxylic acids is 2. The molecular formula is C30H30F3N3O4S. The van der Waals surface area contributed by atoms with Crippen molar-refractivity contribution >= 4 is 28.7 Å². The van der Waals surface area contributed by atoms with Crippen LogP contribution in [0.15, 0.2) is 54.2 Å². The number of alkyl halides is 3. The van der Waals surface area contributed by atoms with Gasteiger partial charge in [-0.05, 0) is 55.2 Å². The number of aryl methyl sites for hydroxylation is 1. The van der Waals surface area contributed by atoms with Crippen molar-refractivity contribution in [3.05, 3.63) is 87.0 Å². The molecule has 1 aromatic carbocycles. The van der Waals surface area contributed by atoms with E-state index >= 15 is 0 Å². The Hall–Kier alpha value is -3.70. The Balaban J connectivity index is 0.000000170. The maximum absolute atomic E-state index is 12.9. The number of pyridine rings is 1. The number of imidazole rings is 1. The highest BCUT2D eigenvalue weighted by Gasteiger charge is 2.35. The Kier molecular flexibility index (Phi) is 8.46. The highest BCUT2D eigenvalue weighted by molar-refractivity contribution is 7.10. The molecule has 1 saturated heterocycles. The van der Waals surface area contributed by atoms with Gasteiger partial charge < -0.3 is 14.4 Å². The second-order valence-electron chi connectivity index (χ2n) is 10.1. The van der Waals surface area contributed by atoms with Crippen molar-refractivity contribution in [2.45, 2.75) is 39.4 Å². The van der Waals surface area contributed by atoms with Gasteiger partial charge in [0.15, 0.2) is 5.78 Å². The summed E-state index contributed by atoms with van der Waals surface area (Å²) >= 11 is 1.57. The molecule has 0 spiro atoms. The number of halogens is 3. The normalized spacial score (nSPS) is 15.1. The van der Waals surface area contributed by atoms with Crippen molar-refractivity contribution < 1.29 is 32.2 Å². The largest absolute Gasteiger partial charge is 0.492 e. The van der Waals surface area contributed by atoms with E-state index in [-0.39, 0.29) is 30.0 Å². The Morgan fingerprint density at radius 1 is 1.20 bits per heavy atom. The maximum atomic E-state index is 12.9. The molecule has 0 unspecified atom stereocenters. The fourth-order valence-electron chi connectivity index (χ4n) is 4.78. The summed E-state index contributed by atoms with van der Waals surface area (Å²) in [6.07, 6.45) is 0.402. The molecule has 6 rings (SSSR count). The summed E-state index contributed by atoms with van der Waals surface area (Å²) in [5.41, 5.74) is 3.23. The first kappa shape index (κ1) is 28.8. The molecule has 0 radical (unpaired) electrons. The summed E-state index contributed by atoms with van der Waals surface area (Å²) in [5.74, 6) is 0.194. The summed E-state index contributed by atoms with van der Waals surface area (Å²) in [7, 11) is 0. The number of ether oxygens (including phenoxy) is 2. The summed E-state index contributed by atoms with van der Waals surface area (Å²) < 4.78 is 50.7. The van der Waals surface area contributed by atoms with E-state index in [4.69, 9.17) is 9.47 Å². The van der Waals surface area contributed by atoms with Crippen molar-refractivity contribution in [3.8, 4) is 5.75 Å². The first-order valence-corrected chi connectivity index (χ1v) is 14.3. The quantitative estimate of drug-likeness (QED) is 0.256. The summed E-state index contributed by atoms with van der Waals surface area (Å²) in [4.78, 5) is 31.7. The minimum absolute atomic E-state index is 0.0212. The van der Waals surface area contributed by atoms with Gasteiger partial charge in [-0.15, -0.1) is 11.3 Å². The van der Waals surface area contributed by atoms with Crippen LogP contribution in [0.2, 0.25) is 0 Å². The second kappa shape index (κ2) is 12.0. The zero-order valence-electron chi connectivity index (χ0n) is 22.7. The molecule has 0 N–H and O–H groups in total. The van der Waals surface area contributed by atoms with Crippen LogP contribution in [0.3, 0.4) is 0 Å². The molecule has 2 aliphatic heterocycles. The van der Waals surface area contributed by atoms with Crippen LogP contribution in [0.4, 0.5) is 13.2 Å². The van der Waals surface area contributed by atoms with Crippen LogP contribution in [-0.4, -0.2) is 52.3 Å². The topological polar surface area (TPSA) is 73.1 Å². The van der Waals surface area contributed by atoms with E-state index in [2.05, 4.69) is 4.98 Å². The van der Waals surface area contributed by atoms with Crippen molar-refractivity contribution in [3.63, 3.8) is 0 Å². The standard InChI is InChI=1S/C17H15N3O2S.C13H15F3O2/c1-11(21)13-10-23-15-9-19(7-5-12(13)15)17(22)14-8-18-16-4-2-3-6-20(14)16;1-2-9-3-4-12(11(5-9)13(14,15)16)18-8-10-6-17-7-10/h2-4,6,8,10H,5,7,9H2,1H3;3-5,10H,2,6-8H2,1H3. The van der Waals surface area contributed by atoms with Gasteiger partial charge in [-0.1, -0.05) is 19.1 Å². The molecule has 2 aliphatic rings. The highest BCUT2D eigenvalue weighted by atomic mass is 32.1. The van der Waals surface area contributed by atoms with Crippen LogP contribution in [0, 0.1) is 5.92 Å². The smallest absolute Gasteiger partial charge is 0.419 e. The van der Waals surface area contributed by atoms with E-state index in [1.165, 1.54) is 6.07 Å². The van der Waals surface area contributed by atoms with Crippen LogP contribution >= 0.6 is 11.3 Å². The SMILES string of the molecule is CC(=O)c1csc2c1CCN(C(=O)c1cnc3ccccn13)C2.CCc1ccc(OCC2COC2)c(C(F)(F)F)c1. The summed E-state index contributed by atoms with van der Waals surface area (Å²) in [6, 6.07) is 9.90. The number of benzene rings is 1. The van der Waals surface area contributed by atoms with Crippen molar-refractivity contribution in [1.29, 1.82) is 0 Å². The summed E-state index contributed by atoms with van der Waals surface area (Å²) in [5, 5.41) is 1.91. The minimum atomic E-state index is -4.38. The van der Waals surface area contributed by atoms with Crippen LogP contribution in [0.5, 0.6) is 5.75 Å². The molecule has 4 aromatic rings. The number of fused-ring (bicyclic) bond motifs is 2. The molecule has 1 fully saturated rings. The molecule has 216 valence electrons. The Bertz CT molecular complexity index is 1560. The number of thiophene rings is 1. The van der Waals surface area contributed by atoms with Gasteiger partial charge in [0.2, 0.25) is 0 Å². The number of carbonyl (C=O) groups is 2. The molecule has 11 heteroatoms. The van der Waals surface area contributed by atoms with Gasteiger partial charge in [-0.2, -0.15) is 13.2 Å². The number of Topliss-reactive ketones (excluding diaryl/α,β-unsaturated/α-hetero) is 1. The number of amides is 1. The third-order valence-corrected chi connectivity index (χ3v) is 8.20. The van der Waals surface area contributed by atoms with E-state index in [1.54, 1.807) is 30.5 Å². The third-order valence-electron chi connectivity index (χ3n) is 7.19. The highest BCUT2D eigenvalue weighted by Crippen LogP contribution is 2.37. The number of aromatic nitrogens is 2. The lowest BCUT2D eigenvalue weighted by molar-refractivity contribution is -0.139. The zero-order chi connectivity index (χ0) is 29.1. The Morgan fingerprint density at radius 3 is 2.68 bits per heavy atom. The molecule has 41 heavy (non-hydrogen) atoms. The average molecular weight is 586 g/mol.